The molecule has 1 aliphatic heterocycles. The van der Waals surface area contributed by atoms with Gasteiger partial charge in [-0.2, -0.15) is 0 Å². The van der Waals surface area contributed by atoms with Gasteiger partial charge in [-0.1, -0.05) is 6.92 Å². The van der Waals surface area contributed by atoms with E-state index in [-0.39, 0.29) is 0 Å². The van der Waals surface area contributed by atoms with Crippen molar-refractivity contribution in [2.24, 2.45) is 0 Å². The van der Waals surface area contributed by atoms with Crippen LogP contribution in [-0.4, -0.2) is 45.2 Å². The van der Waals surface area contributed by atoms with Gasteiger partial charge in [-0.3, -0.25) is 0 Å². The fraction of sp³-hybridized carbons (Fsp3) is 1.00. The van der Waals surface area contributed by atoms with E-state index in [1.807, 2.05) is 7.11 Å². The Kier molecular flexibility index (Phi) is 6.98. The fourth-order valence-electron chi connectivity index (χ4n) is 2.17. The molecular weight excluding hydrogens is 225 g/mol. The molecule has 1 aliphatic rings. The molecule has 0 N–H and O–H groups in total. The maximum atomic E-state index is 9.75. The summed E-state index contributed by atoms with van der Waals surface area (Å²) in [5, 5.41) is 0. The molecule has 0 saturated carbocycles. The first-order valence-corrected chi connectivity index (χ1v) is 5.54. The molecule has 1 fully saturated rings. The lowest BCUT2D eigenvalue weighted by Crippen LogP contribution is -2.47. The molecule has 0 aromatic heterocycles. The van der Waals surface area contributed by atoms with Gasteiger partial charge in [0.1, 0.15) is 0 Å². The number of quaternary nitrogens is 1. The highest BCUT2D eigenvalue weighted by atomic mass is 19.5. The Balaban J connectivity index is 0.000000385. The Morgan fingerprint density at radius 1 is 1.12 bits per heavy atom. The second-order valence-electron chi connectivity index (χ2n) is 4.13. The predicted octanol–water partition coefficient (Wildman–Crippen LogP) is 2.91. The molecule has 0 aliphatic carbocycles. The van der Waals surface area contributed by atoms with Crippen molar-refractivity contribution in [1.82, 2.24) is 0 Å². The summed E-state index contributed by atoms with van der Waals surface area (Å²) in [7, 11) is -4.19. The van der Waals surface area contributed by atoms with E-state index in [9.17, 15) is 17.3 Å². The summed E-state index contributed by atoms with van der Waals surface area (Å²) in [6, 6.07) is 0. The number of nitrogens with zero attached hydrogens (tertiary/aromatic N) is 1. The highest BCUT2D eigenvalue weighted by molar-refractivity contribution is 6.50. The van der Waals surface area contributed by atoms with Gasteiger partial charge in [-0.25, -0.2) is 0 Å². The summed E-state index contributed by atoms with van der Waals surface area (Å²) in [5.41, 5.74) is 0. The van der Waals surface area contributed by atoms with Crippen molar-refractivity contribution in [3.63, 3.8) is 0 Å². The summed E-state index contributed by atoms with van der Waals surface area (Å²) >= 11 is 0. The molecule has 0 aromatic rings. The van der Waals surface area contributed by atoms with Crippen molar-refractivity contribution in [2.75, 3.05) is 33.5 Å². The van der Waals surface area contributed by atoms with Gasteiger partial charge in [0.2, 0.25) is 0 Å². The highest BCUT2D eigenvalue weighted by Gasteiger charge is 2.30. The fourth-order valence-corrected chi connectivity index (χ4v) is 2.17. The number of likely N-dealkylation sites (tertiary alicyclic amines) is 1. The number of rotatable bonds is 4. The third-order valence-electron chi connectivity index (χ3n) is 2.62. The Morgan fingerprint density at radius 3 is 1.88 bits per heavy atom. The van der Waals surface area contributed by atoms with Crippen molar-refractivity contribution in [2.45, 2.75) is 26.2 Å². The molecule has 98 valence electrons. The number of halogens is 4. The van der Waals surface area contributed by atoms with Crippen LogP contribution < -0.4 is 0 Å². The molecular formula is C9H20BF4NO. The van der Waals surface area contributed by atoms with Crippen molar-refractivity contribution in [3.05, 3.63) is 0 Å². The Labute approximate surface area is 94.3 Å². The maximum absolute atomic E-state index is 9.75. The monoisotopic (exact) mass is 245 g/mol. The van der Waals surface area contributed by atoms with Gasteiger partial charge in [0.05, 0.1) is 19.6 Å². The van der Waals surface area contributed by atoms with Crippen LogP contribution in [0.2, 0.25) is 0 Å². The molecule has 1 rings (SSSR count). The van der Waals surface area contributed by atoms with Crippen molar-refractivity contribution < 1.29 is 26.5 Å². The maximum Gasteiger partial charge on any atom is 0.673 e. The molecule has 16 heavy (non-hydrogen) atoms. The zero-order valence-electron chi connectivity index (χ0n) is 9.89. The predicted molar refractivity (Wildman–Crippen MR) is 56.4 cm³/mol. The molecule has 0 atom stereocenters. The lowest BCUT2D eigenvalue weighted by molar-refractivity contribution is -0.934. The molecule has 0 unspecified atom stereocenters. The van der Waals surface area contributed by atoms with Crippen LogP contribution in [0.5, 0.6) is 0 Å². The van der Waals surface area contributed by atoms with E-state index < -0.39 is 7.25 Å². The zero-order valence-corrected chi connectivity index (χ0v) is 9.89. The summed E-state index contributed by atoms with van der Waals surface area (Å²) in [5.74, 6) is 0. The first-order chi connectivity index (χ1) is 7.33. The quantitative estimate of drug-likeness (QED) is 0.420. The first kappa shape index (κ1) is 15.7. The van der Waals surface area contributed by atoms with Crippen LogP contribution in [0.4, 0.5) is 17.3 Å². The first-order valence-electron chi connectivity index (χ1n) is 5.54. The van der Waals surface area contributed by atoms with E-state index in [2.05, 4.69) is 6.92 Å². The second kappa shape index (κ2) is 7.11. The third-order valence-corrected chi connectivity index (χ3v) is 2.62. The van der Waals surface area contributed by atoms with Crippen LogP contribution in [0, 0.1) is 0 Å². The van der Waals surface area contributed by atoms with Crippen molar-refractivity contribution in [1.29, 1.82) is 0 Å². The summed E-state index contributed by atoms with van der Waals surface area (Å²) in [4.78, 5) is 0. The molecule has 1 heterocycles. The lowest BCUT2D eigenvalue weighted by Gasteiger charge is -2.32. The van der Waals surface area contributed by atoms with Gasteiger partial charge in [0.25, 0.3) is 0 Å². The smallest absolute Gasteiger partial charge is 0.418 e. The van der Waals surface area contributed by atoms with E-state index in [4.69, 9.17) is 4.74 Å². The van der Waals surface area contributed by atoms with Gasteiger partial charge in [-0.05, 0) is 6.42 Å². The lowest BCUT2D eigenvalue weighted by atomic mass is 10.3. The molecule has 0 spiro atoms. The molecule has 0 radical (unpaired) electrons. The van der Waals surface area contributed by atoms with Crippen LogP contribution in [0.3, 0.4) is 0 Å². The number of ether oxygens (including phenoxy) is 1. The highest BCUT2D eigenvalue weighted by Crippen LogP contribution is 2.19. The molecule has 1 saturated heterocycles. The van der Waals surface area contributed by atoms with Gasteiger partial charge in [0.15, 0.2) is 6.73 Å². The van der Waals surface area contributed by atoms with E-state index >= 15 is 0 Å². The average Bonchev–Trinajstić information content (AvgIpc) is 2.51. The summed E-state index contributed by atoms with van der Waals surface area (Å²) in [6.07, 6.45) is 4.07. The number of hydrogen-bond acceptors (Lipinski definition) is 1. The van der Waals surface area contributed by atoms with Crippen LogP contribution in [0.15, 0.2) is 0 Å². The van der Waals surface area contributed by atoms with E-state index in [1.165, 1.54) is 43.4 Å². The number of hydrogen-bond donors (Lipinski definition) is 0. The molecule has 0 bridgehead atoms. The van der Waals surface area contributed by atoms with Crippen LogP contribution in [0.25, 0.3) is 0 Å². The van der Waals surface area contributed by atoms with Gasteiger partial charge >= 0.3 is 7.25 Å². The molecule has 7 heteroatoms. The minimum atomic E-state index is -6.00. The molecule has 2 nitrogen and oxygen atoms in total. The van der Waals surface area contributed by atoms with Crippen LogP contribution in [0.1, 0.15) is 26.2 Å². The van der Waals surface area contributed by atoms with Gasteiger partial charge in [-0.15, -0.1) is 0 Å². The normalized spacial score (nSPS) is 19.1. The minimum absolute atomic E-state index is 0.924. The largest absolute Gasteiger partial charge is 0.673 e. The Morgan fingerprint density at radius 2 is 1.56 bits per heavy atom. The standard InChI is InChI=1S/C9H20NO.BF4/c1-3-6-10(9-11-2)7-4-5-8-10;2-1(3,4)5/h3-9H2,1-2H3;/q+1;-1. The van der Waals surface area contributed by atoms with Gasteiger partial charge < -0.3 is 26.5 Å². The summed E-state index contributed by atoms with van der Waals surface area (Å²) in [6.45, 7) is 7.15. The Bertz CT molecular complexity index is 169. The molecule has 0 amide bonds. The van der Waals surface area contributed by atoms with E-state index in [0.717, 1.165) is 6.73 Å². The van der Waals surface area contributed by atoms with E-state index in [1.54, 1.807) is 0 Å². The second-order valence-corrected chi connectivity index (χ2v) is 4.13. The van der Waals surface area contributed by atoms with E-state index in [0.29, 0.717) is 0 Å². The number of methoxy groups -OCH3 is 1. The van der Waals surface area contributed by atoms with Crippen molar-refractivity contribution >= 4 is 7.25 Å². The topological polar surface area (TPSA) is 9.23 Å². The van der Waals surface area contributed by atoms with Crippen LogP contribution in [-0.2, 0) is 4.74 Å². The summed E-state index contributed by atoms with van der Waals surface area (Å²) < 4.78 is 45.5. The Hall–Kier alpha value is -0.295. The minimum Gasteiger partial charge on any atom is -0.418 e. The van der Waals surface area contributed by atoms with Gasteiger partial charge in [0, 0.05) is 20.0 Å². The SMILES string of the molecule is CCC[N+]1(COC)CCCC1.F[B-](F)(F)F. The van der Waals surface area contributed by atoms with Crippen molar-refractivity contribution in [3.8, 4) is 0 Å². The zero-order chi connectivity index (χ0) is 12.7. The molecule has 0 aromatic carbocycles. The average molecular weight is 245 g/mol. The van der Waals surface area contributed by atoms with Crippen LogP contribution >= 0.6 is 0 Å². The third kappa shape index (κ3) is 7.93.